The third-order valence-electron chi connectivity index (χ3n) is 3.65. The van der Waals surface area contributed by atoms with Gasteiger partial charge >= 0.3 is 0 Å². The Morgan fingerprint density at radius 2 is 1.70 bits per heavy atom. The van der Waals surface area contributed by atoms with Crippen molar-refractivity contribution in [3.05, 3.63) is 65.7 Å². The van der Waals surface area contributed by atoms with E-state index in [9.17, 15) is 4.79 Å². The lowest BCUT2D eigenvalue weighted by molar-refractivity contribution is -0.129. The molecule has 1 amide bonds. The Labute approximate surface area is 119 Å². The van der Waals surface area contributed by atoms with E-state index in [1.165, 1.54) is 11.1 Å². The van der Waals surface area contributed by atoms with Crippen LogP contribution >= 0.6 is 0 Å². The summed E-state index contributed by atoms with van der Waals surface area (Å²) in [6.45, 7) is 0.692. The minimum absolute atomic E-state index is 0.164. The van der Waals surface area contributed by atoms with Gasteiger partial charge in [-0.1, -0.05) is 48.5 Å². The van der Waals surface area contributed by atoms with Gasteiger partial charge in [-0.25, -0.2) is 0 Å². The summed E-state index contributed by atoms with van der Waals surface area (Å²) in [4.78, 5) is 12.2. The molecule has 1 heterocycles. The second-order valence-corrected chi connectivity index (χ2v) is 5.05. The SMILES string of the molecule is O=C1CCc2ccccc2NN1CCc1ccccc1. The number of anilines is 1. The zero-order valence-electron chi connectivity index (χ0n) is 11.4. The van der Waals surface area contributed by atoms with Crippen molar-refractivity contribution < 1.29 is 4.79 Å². The van der Waals surface area contributed by atoms with Crippen molar-refractivity contribution in [1.82, 2.24) is 5.01 Å². The second-order valence-electron chi connectivity index (χ2n) is 5.05. The molecule has 3 nitrogen and oxygen atoms in total. The number of fused-ring (bicyclic) bond motifs is 1. The van der Waals surface area contributed by atoms with E-state index in [4.69, 9.17) is 0 Å². The molecule has 0 saturated heterocycles. The lowest BCUT2D eigenvalue weighted by Crippen LogP contribution is -2.36. The van der Waals surface area contributed by atoms with Gasteiger partial charge in [-0.15, -0.1) is 0 Å². The highest BCUT2D eigenvalue weighted by atomic mass is 16.2. The molecule has 2 aromatic carbocycles. The summed E-state index contributed by atoms with van der Waals surface area (Å²) in [7, 11) is 0. The summed E-state index contributed by atoms with van der Waals surface area (Å²) >= 11 is 0. The van der Waals surface area contributed by atoms with E-state index in [1.807, 2.05) is 36.4 Å². The van der Waals surface area contributed by atoms with E-state index in [-0.39, 0.29) is 5.91 Å². The Bertz CT molecular complexity index is 595. The summed E-state index contributed by atoms with van der Waals surface area (Å²) in [6.07, 6.45) is 2.24. The Morgan fingerprint density at radius 3 is 2.55 bits per heavy atom. The normalized spacial score (nSPS) is 14.4. The number of rotatable bonds is 3. The Balaban J connectivity index is 1.71. The van der Waals surface area contributed by atoms with Crippen molar-refractivity contribution in [1.29, 1.82) is 0 Å². The first-order valence-electron chi connectivity index (χ1n) is 7.02. The van der Waals surface area contributed by atoms with Crippen LogP contribution in [-0.2, 0) is 17.6 Å². The van der Waals surface area contributed by atoms with Crippen LogP contribution < -0.4 is 5.43 Å². The van der Waals surface area contributed by atoms with Crippen molar-refractivity contribution in [3.8, 4) is 0 Å². The zero-order chi connectivity index (χ0) is 13.8. The van der Waals surface area contributed by atoms with E-state index in [0.29, 0.717) is 13.0 Å². The number of nitrogens with one attached hydrogen (secondary N) is 1. The predicted octanol–water partition coefficient (Wildman–Crippen LogP) is 3.03. The highest BCUT2D eigenvalue weighted by Crippen LogP contribution is 2.21. The molecule has 0 spiro atoms. The molecule has 0 aromatic heterocycles. The highest BCUT2D eigenvalue weighted by Gasteiger charge is 2.19. The van der Waals surface area contributed by atoms with Crippen LogP contribution in [0.5, 0.6) is 0 Å². The maximum Gasteiger partial charge on any atom is 0.241 e. The third-order valence-corrected chi connectivity index (χ3v) is 3.65. The second kappa shape index (κ2) is 5.78. The minimum atomic E-state index is 0.164. The van der Waals surface area contributed by atoms with Gasteiger partial charge in [0.2, 0.25) is 5.91 Å². The van der Waals surface area contributed by atoms with Gasteiger partial charge in [0, 0.05) is 13.0 Å². The van der Waals surface area contributed by atoms with Gasteiger partial charge in [-0.2, -0.15) is 0 Å². The van der Waals surface area contributed by atoms with Crippen molar-refractivity contribution in [3.63, 3.8) is 0 Å². The molecule has 0 saturated carbocycles. The van der Waals surface area contributed by atoms with Crippen LogP contribution in [0.15, 0.2) is 54.6 Å². The molecule has 0 aliphatic carbocycles. The van der Waals surface area contributed by atoms with Crippen molar-refractivity contribution in [2.24, 2.45) is 0 Å². The zero-order valence-corrected chi connectivity index (χ0v) is 11.4. The topological polar surface area (TPSA) is 32.3 Å². The molecule has 0 fully saturated rings. The van der Waals surface area contributed by atoms with Crippen LogP contribution in [0.4, 0.5) is 5.69 Å². The molecular formula is C17H18N2O. The average molecular weight is 266 g/mol. The van der Waals surface area contributed by atoms with E-state index in [0.717, 1.165) is 18.5 Å². The number of carbonyl (C=O) groups is 1. The predicted molar refractivity (Wildman–Crippen MR) is 80.2 cm³/mol. The quantitative estimate of drug-likeness (QED) is 0.926. The van der Waals surface area contributed by atoms with Crippen LogP contribution in [0, 0.1) is 0 Å². The standard InChI is InChI=1S/C17H18N2O/c20-17-11-10-15-8-4-5-9-16(15)18-19(17)13-12-14-6-2-1-3-7-14/h1-9,18H,10-13H2. The summed E-state index contributed by atoms with van der Waals surface area (Å²) in [5.41, 5.74) is 6.77. The molecule has 0 unspecified atom stereocenters. The highest BCUT2D eigenvalue weighted by molar-refractivity contribution is 5.79. The maximum absolute atomic E-state index is 12.2. The fraction of sp³-hybridized carbons (Fsp3) is 0.235. The fourth-order valence-electron chi connectivity index (χ4n) is 2.50. The molecule has 20 heavy (non-hydrogen) atoms. The summed E-state index contributed by atoms with van der Waals surface area (Å²) < 4.78 is 0. The fourth-order valence-corrected chi connectivity index (χ4v) is 2.50. The Kier molecular flexibility index (Phi) is 3.68. The van der Waals surface area contributed by atoms with E-state index in [2.05, 4.69) is 23.6 Å². The molecule has 1 aliphatic rings. The van der Waals surface area contributed by atoms with Crippen LogP contribution in [0.25, 0.3) is 0 Å². The monoisotopic (exact) mass is 266 g/mol. The molecule has 0 radical (unpaired) electrons. The Morgan fingerprint density at radius 1 is 0.950 bits per heavy atom. The van der Waals surface area contributed by atoms with Crippen LogP contribution in [-0.4, -0.2) is 17.5 Å². The van der Waals surface area contributed by atoms with Gasteiger partial charge in [-0.3, -0.25) is 15.2 Å². The van der Waals surface area contributed by atoms with Crippen LogP contribution in [0.2, 0.25) is 0 Å². The first kappa shape index (κ1) is 12.7. The number of para-hydroxylation sites is 1. The lowest BCUT2D eigenvalue weighted by atomic mass is 10.1. The average Bonchev–Trinajstić information content (AvgIpc) is 2.66. The minimum Gasteiger partial charge on any atom is -0.296 e. The number of hydrazine groups is 1. The molecule has 1 N–H and O–H groups in total. The number of hydrogen-bond acceptors (Lipinski definition) is 2. The lowest BCUT2D eigenvalue weighted by Gasteiger charge is -2.23. The van der Waals surface area contributed by atoms with E-state index < -0.39 is 0 Å². The first-order valence-corrected chi connectivity index (χ1v) is 7.02. The van der Waals surface area contributed by atoms with Gasteiger partial charge < -0.3 is 0 Å². The largest absolute Gasteiger partial charge is 0.296 e. The van der Waals surface area contributed by atoms with Crippen molar-refractivity contribution in [2.45, 2.75) is 19.3 Å². The maximum atomic E-state index is 12.2. The number of nitrogens with zero attached hydrogens (tertiary/aromatic N) is 1. The van der Waals surface area contributed by atoms with E-state index in [1.54, 1.807) is 5.01 Å². The molecule has 3 rings (SSSR count). The van der Waals surface area contributed by atoms with E-state index >= 15 is 0 Å². The van der Waals surface area contributed by atoms with Gasteiger partial charge in [0.1, 0.15) is 0 Å². The number of hydrogen-bond donors (Lipinski definition) is 1. The molecule has 3 heteroatoms. The number of aryl methyl sites for hydroxylation is 1. The van der Waals surface area contributed by atoms with Gasteiger partial charge in [0.05, 0.1) is 5.69 Å². The molecule has 0 bridgehead atoms. The number of amides is 1. The van der Waals surface area contributed by atoms with Crippen LogP contribution in [0.3, 0.4) is 0 Å². The Hall–Kier alpha value is -2.29. The first-order chi connectivity index (χ1) is 9.83. The molecular weight excluding hydrogens is 248 g/mol. The summed E-state index contributed by atoms with van der Waals surface area (Å²) in [5, 5.41) is 1.75. The van der Waals surface area contributed by atoms with Gasteiger partial charge in [-0.05, 0) is 30.0 Å². The summed E-state index contributed by atoms with van der Waals surface area (Å²) in [5.74, 6) is 0.164. The van der Waals surface area contributed by atoms with Gasteiger partial charge in [0.15, 0.2) is 0 Å². The number of benzene rings is 2. The molecule has 0 atom stereocenters. The van der Waals surface area contributed by atoms with Gasteiger partial charge in [0.25, 0.3) is 0 Å². The molecule has 102 valence electrons. The van der Waals surface area contributed by atoms with Crippen molar-refractivity contribution >= 4 is 11.6 Å². The summed E-state index contributed by atoms with van der Waals surface area (Å²) in [6, 6.07) is 18.4. The number of carbonyl (C=O) groups excluding carboxylic acids is 1. The smallest absolute Gasteiger partial charge is 0.241 e. The molecule has 2 aromatic rings. The van der Waals surface area contributed by atoms with Crippen LogP contribution in [0.1, 0.15) is 17.5 Å². The molecule has 1 aliphatic heterocycles. The van der Waals surface area contributed by atoms with Crippen molar-refractivity contribution in [2.75, 3.05) is 12.0 Å². The third kappa shape index (κ3) is 2.82.